The third-order valence-electron chi connectivity index (χ3n) is 3.59. The van der Waals surface area contributed by atoms with Gasteiger partial charge >= 0.3 is 0 Å². The van der Waals surface area contributed by atoms with Gasteiger partial charge in [-0.2, -0.15) is 0 Å². The largest absolute Gasteiger partial charge is 0.316 e. The van der Waals surface area contributed by atoms with Gasteiger partial charge in [-0.25, -0.2) is 8.42 Å². The van der Waals surface area contributed by atoms with Crippen molar-refractivity contribution in [3.8, 4) is 0 Å². The molecule has 0 heterocycles. The van der Waals surface area contributed by atoms with Gasteiger partial charge in [-0.15, -0.1) is 0 Å². The zero-order chi connectivity index (χ0) is 12.1. The first-order chi connectivity index (χ1) is 7.47. The molecule has 0 saturated heterocycles. The maximum Gasteiger partial charge on any atom is 0.147 e. The molecule has 0 aromatic carbocycles. The highest BCUT2D eigenvalue weighted by Crippen LogP contribution is 2.40. The van der Waals surface area contributed by atoms with Crippen molar-refractivity contribution >= 4 is 9.84 Å². The van der Waals surface area contributed by atoms with Crippen molar-refractivity contribution in [2.75, 3.05) is 25.1 Å². The Kier molecular flexibility index (Phi) is 5.25. The fourth-order valence-corrected chi connectivity index (χ4v) is 3.38. The second kappa shape index (κ2) is 6.01. The molecule has 1 saturated carbocycles. The van der Waals surface area contributed by atoms with Crippen LogP contribution in [0.3, 0.4) is 0 Å². The molecule has 0 amide bonds. The van der Waals surface area contributed by atoms with Crippen molar-refractivity contribution in [3.05, 3.63) is 0 Å². The maximum absolute atomic E-state index is 11.2. The van der Waals surface area contributed by atoms with Crippen LogP contribution < -0.4 is 5.32 Å². The molecular weight excluding hydrogens is 222 g/mol. The van der Waals surface area contributed by atoms with Gasteiger partial charge in [0.2, 0.25) is 0 Å². The highest BCUT2D eigenvalue weighted by atomic mass is 32.2. The van der Waals surface area contributed by atoms with Crippen molar-refractivity contribution in [3.63, 3.8) is 0 Å². The molecule has 1 aliphatic rings. The van der Waals surface area contributed by atoms with Crippen LogP contribution in [0.5, 0.6) is 0 Å². The third-order valence-corrected chi connectivity index (χ3v) is 4.54. The summed E-state index contributed by atoms with van der Waals surface area (Å²) in [5.41, 5.74) is 0.262. The Morgan fingerprint density at radius 3 is 2.38 bits per heavy atom. The molecule has 0 spiro atoms. The molecule has 0 unspecified atom stereocenters. The van der Waals surface area contributed by atoms with Crippen molar-refractivity contribution in [1.29, 1.82) is 0 Å². The Bertz CT molecular complexity index is 292. The van der Waals surface area contributed by atoms with Crippen molar-refractivity contribution in [1.82, 2.24) is 5.32 Å². The van der Waals surface area contributed by atoms with Crippen LogP contribution in [-0.2, 0) is 9.84 Å². The van der Waals surface area contributed by atoms with Crippen LogP contribution in [0.1, 0.15) is 45.4 Å². The van der Waals surface area contributed by atoms with Gasteiger partial charge in [-0.05, 0) is 37.6 Å². The lowest BCUT2D eigenvalue weighted by molar-refractivity contribution is 0.270. The molecule has 1 N–H and O–H groups in total. The van der Waals surface area contributed by atoms with Crippen molar-refractivity contribution < 1.29 is 8.42 Å². The van der Waals surface area contributed by atoms with Crippen molar-refractivity contribution in [2.24, 2.45) is 5.41 Å². The molecule has 0 aliphatic heterocycles. The highest BCUT2D eigenvalue weighted by molar-refractivity contribution is 7.90. The van der Waals surface area contributed by atoms with Gasteiger partial charge in [0, 0.05) is 12.8 Å². The summed E-state index contributed by atoms with van der Waals surface area (Å²) in [6.07, 6.45) is 8.23. The first-order valence-corrected chi connectivity index (χ1v) is 8.42. The average Bonchev–Trinajstić information content (AvgIpc) is 2.64. The number of sulfone groups is 1. The van der Waals surface area contributed by atoms with Gasteiger partial charge in [0.15, 0.2) is 0 Å². The first-order valence-electron chi connectivity index (χ1n) is 6.36. The second-order valence-corrected chi connectivity index (χ2v) is 7.52. The van der Waals surface area contributed by atoms with Crippen LogP contribution in [0.15, 0.2) is 0 Å². The summed E-state index contributed by atoms with van der Waals surface area (Å²) < 4.78 is 22.5. The molecule has 0 atom stereocenters. The maximum atomic E-state index is 11.2. The van der Waals surface area contributed by atoms with E-state index in [1.807, 2.05) is 0 Å². The van der Waals surface area contributed by atoms with E-state index in [9.17, 15) is 8.42 Å². The van der Waals surface area contributed by atoms with E-state index in [0.29, 0.717) is 5.75 Å². The standard InChI is InChI=1S/C12H25NO2S/c1-3-9-13-11-12(6-4-5-7-12)8-10-16(2,14)15/h13H,3-11H2,1-2H3. The lowest BCUT2D eigenvalue weighted by atomic mass is 9.83. The Morgan fingerprint density at radius 1 is 1.25 bits per heavy atom. The minimum absolute atomic E-state index is 0.262. The van der Waals surface area contributed by atoms with Gasteiger partial charge in [-0.1, -0.05) is 19.8 Å². The predicted molar refractivity (Wildman–Crippen MR) is 68.4 cm³/mol. The van der Waals surface area contributed by atoms with E-state index in [1.165, 1.54) is 31.9 Å². The van der Waals surface area contributed by atoms with Gasteiger partial charge in [0.1, 0.15) is 9.84 Å². The summed E-state index contributed by atoms with van der Waals surface area (Å²) in [6.45, 7) is 4.20. The fourth-order valence-electron chi connectivity index (χ4n) is 2.57. The minimum atomic E-state index is -2.81. The highest BCUT2D eigenvalue weighted by Gasteiger charge is 2.33. The monoisotopic (exact) mass is 247 g/mol. The third kappa shape index (κ3) is 4.83. The normalized spacial score (nSPS) is 20.1. The van der Waals surface area contributed by atoms with Crippen LogP contribution in [0.2, 0.25) is 0 Å². The molecule has 96 valence electrons. The van der Waals surface area contributed by atoms with E-state index < -0.39 is 9.84 Å². The van der Waals surface area contributed by atoms with Crippen molar-refractivity contribution in [2.45, 2.75) is 45.4 Å². The molecule has 16 heavy (non-hydrogen) atoms. The first kappa shape index (κ1) is 14.0. The summed E-state index contributed by atoms with van der Waals surface area (Å²) in [7, 11) is -2.81. The van der Waals surface area contributed by atoms with E-state index in [4.69, 9.17) is 0 Å². The molecule has 0 aromatic rings. The summed E-state index contributed by atoms with van der Waals surface area (Å²) in [4.78, 5) is 0. The smallest absolute Gasteiger partial charge is 0.147 e. The molecular formula is C12H25NO2S. The van der Waals surface area contributed by atoms with Gasteiger partial charge in [0.05, 0.1) is 5.75 Å². The molecule has 0 bridgehead atoms. The quantitative estimate of drug-likeness (QED) is 0.700. The Labute approximate surface area is 99.9 Å². The number of nitrogens with one attached hydrogen (secondary N) is 1. The van der Waals surface area contributed by atoms with E-state index in [-0.39, 0.29) is 5.41 Å². The second-order valence-electron chi connectivity index (χ2n) is 5.26. The van der Waals surface area contributed by atoms with Gasteiger partial charge < -0.3 is 5.32 Å². The fraction of sp³-hybridized carbons (Fsp3) is 1.00. The topological polar surface area (TPSA) is 46.2 Å². The zero-order valence-electron chi connectivity index (χ0n) is 10.6. The van der Waals surface area contributed by atoms with Gasteiger partial charge in [0.25, 0.3) is 0 Å². The molecule has 0 radical (unpaired) electrons. The van der Waals surface area contributed by atoms with E-state index >= 15 is 0 Å². The van der Waals surface area contributed by atoms with Crippen LogP contribution in [-0.4, -0.2) is 33.5 Å². The molecule has 1 rings (SSSR count). The summed E-state index contributed by atoms with van der Waals surface area (Å²) in [6, 6.07) is 0. The SMILES string of the molecule is CCCNCC1(CCS(C)(=O)=O)CCCC1. The molecule has 3 nitrogen and oxygen atoms in total. The summed E-state index contributed by atoms with van der Waals surface area (Å²) >= 11 is 0. The van der Waals surface area contributed by atoms with Crippen LogP contribution in [0.25, 0.3) is 0 Å². The summed E-state index contributed by atoms with van der Waals surface area (Å²) in [5, 5.41) is 3.46. The Hall–Kier alpha value is -0.0900. The van der Waals surface area contributed by atoms with Crippen LogP contribution in [0, 0.1) is 5.41 Å². The molecule has 4 heteroatoms. The number of rotatable bonds is 7. The predicted octanol–water partition coefficient (Wildman–Crippen LogP) is 1.98. The molecule has 1 fully saturated rings. The molecule has 0 aromatic heterocycles. The number of hydrogen-bond donors (Lipinski definition) is 1. The van der Waals surface area contributed by atoms with E-state index in [0.717, 1.165) is 25.9 Å². The Morgan fingerprint density at radius 2 is 1.88 bits per heavy atom. The van der Waals surface area contributed by atoms with E-state index in [1.54, 1.807) is 0 Å². The van der Waals surface area contributed by atoms with Gasteiger partial charge in [-0.3, -0.25) is 0 Å². The zero-order valence-corrected chi connectivity index (χ0v) is 11.4. The lowest BCUT2D eigenvalue weighted by Gasteiger charge is -2.29. The average molecular weight is 247 g/mol. The molecule has 1 aliphatic carbocycles. The van der Waals surface area contributed by atoms with Crippen LogP contribution in [0.4, 0.5) is 0 Å². The lowest BCUT2D eigenvalue weighted by Crippen LogP contribution is -2.34. The summed E-state index contributed by atoms with van der Waals surface area (Å²) in [5.74, 6) is 0.348. The van der Waals surface area contributed by atoms with E-state index in [2.05, 4.69) is 12.2 Å². The minimum Gasteiger partial charge on any atom is -0.316 e. The van der Waals surface area contributed by atoms with Crippen LogP contribution >= 0.6 is 0 Å². The number of hydrogen-bond acceptors (Lipinski definition) is 3. The Balaban J connectivity index is 2.45.